The summed E-state index contributed by atoms with van der Waals surface area (Å²) in [6, 6.07) is -0.718. The molecule has 0 rings (SSSR count). The number of rotatable bonds is 4. The lowest BCUT2D eigenvalue weighted by molar-refractivity contribution is -0.130. The molecule has 0 saturated heterocycles. The van der Waals surface area contributed by atoms with Crippen LogP contribution < -0.4 is 5.73 Å². The lowest BCUT2D eigenvalue weighted by Crippen LogP contribution is -2.40. The van der Waals surface area contributed by atoms with Gasteiger partial charge in [-0.15, -0.1) is 0 Å². The zero-order valence-electron chi connectivity index (χ0n) is 8.15. The molecule has 0 fully saturated rings. The van der Waals surface area contributed by atoms with Crippen molar-refractivity contribution in [1.29, 1.82) is 0 Å². The minimum atomic E-state index is -3.03. The molecular weight excluding hydrogens is 192 g/mol. The Morgan fingerprint density at radius 1 is 1.46 bits per heavy atom. The zero-order valence-corrected chi connectivity index (χ0v) is 8.97. The highest BCUT2D eigenvalue weighted by Gasteiger charge is 2.16. The van der Waals surface area contributed by atoms with Gasteiger partial charge in [-0.25, -0.2) is 8.42 Å². The van der Waals surface area contributed by atoms with Crippen LogP contribution in [0.2, 0.25) is 0 Å². The number of hydrogen-bond donors (Lipinski definition) is 1. The molecule has 0 heterocycles. The summed E-state index contributed by atoms with van der Waals surface area (Å²) < 4.78 is 21.5. The third kappa shape index (κ3) is 5.59. The summed E-state index contributed by atoms with van der Waals surface area (Å²) in [4.78, 5) is 12.5. The maximum Gasteiger partial charge on any atom is 0.238 e. The molecule has 78 valence electrons. The van der Waals surface area contributed by atoms with Crippen molar-refractivity contribution in [1.82, 2.24) is 4.90 Å². The molecule has 6 heteroatoms. The fraction of sp³-hybridized carbons (Fsp3) is 0.857. The van der Waals surface area contributed by atoms with Crippen LogP contribution in [0, 0.1) is 0 Å². The van der Waals surface area contributed by atoms with E-state index >= 15 is 0 Å². The van der Waals surface area contributed by atoms with Gasteiger partial charge >= 0.3 is 0 Å². The summed E-state index contributed by atoms with van der Waals surface area (Å²) in [6.45, 7) is 0. The Kier molecular flexibility index (Phi) is 4.35. The second-order valence-corrected chi connectivity index (χ2v) is 5.52. The van der Waals surface area contributed by atoms with Gasteiger partial charge in [-0.05, 0) is 6.42 Å². The van der Waals surface area contributed by atoms with E-state index in [-0.39, 0.29) is 18.1 Å². The van der Waals surface area contributed by atoms with Gasteiger partial charge in [0.1, 0.15) is 9.84 Å². The predicted molar refractivity (Wildman–Crippen MR) is 51.0 cm³/mol. The van der Waals surface area contributed by atoms with Crippen LogP contribution in [0.15, 0.2) is 0 Å². The quantitative estimate of drug-likeness (QED) is 0.631. The molecule has 5 nitrogen and oxygen atoms in total. The van der Waals surface area contributed by atoms with Gasteiger partial charge in [-0.1, -0.05) is 0 Å². The highest BCUT2D eigenvalue weighted by molar-refractivity contribution is 7.90. The average Bonchev–Trinajstić information content (AvgIpc) is 1.97. The topological polar surface area (TPSA) is 80.5 Å². The first-order valence-electron chi connectivity index (χ1n) is 3.88. The van der Waals surface area contributed by atoms with Crippen molar-refractivity contribution in [2.75, 3.05) is 26.1 Å². The Bertz CT molecular complexity index is 271. The summed E-state index contributed by atoms with van der Waals surface area (Å²) in [5.41, 5.74) is 5.47. The molecule has 1 amide bonds. The fourth-order valence-corrected chi connectivity index (χ4v) is 1.48. The van der Waals surface area contributed by atoms with E-state index in [0.29, 0.717) is 0 Å². The van der Waals surface area contributed by atoms with Gasteiger partial charge in [0.05, 0.1) is 11.8 Å². The number of likely N-dealkylation sites (N-methyl/N-ethyl adjacent to an activating group) is 1. The minimum absolute atomic E-state index is 0.0479. The Labute approximate surface area is 78.8 Å². The summed E-state index contributed by atoms with van der Waals surface area (Å²) >= 11 is 0. The van der Waals surface area contributed by atoms with E-state index in [1.165, 1.54) is 4.90 Å². The van der Waals surface area contributed by atoms with Gasteiger partial charge in [0.2, 0.25) is 5.91 Å². The second kappa shape index (κ2) is 4.57. The van der Waals surface area contributed by atoms with Crippen molar-refractivity contribution in [3.8, 4) is 0 Å². The van der Waals surface area contributed by atoms with Crippen molar-refractivity contribution in [3.63, 3.8) is 0 Å². The maximum absolute atomic E-state index is 11.2. The van der Waals surface area contributed by atoms with Gasteiger partial charge in [0, 0.05) is 20.4 Å². The lowest BCUT2D eigenvalue weighted by atomic mass is 10.2. The Balaban J connectivity index is 4.03. The Morgan fingerprint density at radius 3 is 2.23 bits per heavy atom. The SMILES string of the molecule is CN(C)C(=O)C(N)CCS(C)(=O)=O. The van der Waals surface area contributed by atoms with Crippen molar-refractivity contribution in [3.05, 3.63) is 0 Å². The lowest BCUT2D eigenvalue weighted by Gasteiger charge is -2.15. The van der Waals surface area contributed by atoms with E-state index in [1.54, 1.807) is 14.1 Å². The first kappa shape index (κ1) is 12.4. The molecule has 0 saturated carbocycles. The van der Waals surface area contributed by atoms with Crippen LogP contribution in [0.5, 0.6) is 0 Å². The molecule has 0 aromatic rings. The van der Waals surface area contributed by atoms with Crippen molar-refractivity contribution >= 4 is 15.7 Å². The number of carbonyl (C=O) groups is 1. The van der Waals surface area contributed by atoms with Crippen molar-refractivity contribution in [2.45, 2.75) is 12.5 Å². The summed E-state index contributed by atoms with van der Waals surface area (Å²) in [5.74, 6) is -0.294. The van der Waals surface area contributed by atoms with Gasteiger partial charge in [0.25, 0.3) is 0 Å². The third-order valence-corrected chi connectivity index (χ3v) is 2.53. The normalized spacial score (nSPS) is 13.8. The molecule has 0 aliphatic heterocycles. The van der Waals surface area contributed by atoms with E-state index in [0.717, 1.165) is 6.26 Å². The smallest absolute Gasteiger partial charge is 0.238 e. The highest BCUT2D eigenvalue weighted by Crippen LogP contribution is 1.96. The number of sulfone groups is 1. The molecule has 0 aliphatic carbocycles. The Morgan fingerprint density at radius 2 is 1.92 bits per heavy atom. The molecule has 0 spiro atoms. The van der Waals surface area contributed by atoms with Gasteiger partial charge < -0.3 is 10.6 Å². The van der Waals surface area contributed by atoms with Crippen LogP contribution in [0.3, 0.4) is 0 Å². The predicted octanol–water partition coefficient (Wildman–Crippen LogP) is -1.16. The molecular formula is C7H16N2O3S. The molecule has 2 N–H and O–H groups in total. The van der Waals surface area contributed by atoms with Crippen LogP contribution in [0.1, 0.15) is 6.42 Å². The number of carbonyl (C=O) groups excluding carboxylic acids is 1. The maximum atomic E-state index is 11.2. The van der Waals surface area contributed by atoms with Crippen LogP contribution in [-0.2, 0) is 14.6 Å². The highest BCUT2D eigenvalue weighted by atomic mass is 32.2. The third-order valence-electron chi connectivity index (χ3n) is 1.56. The van der Waals surface area contributed by atoms with Crippen LogP contribution in [0.25, 0.3) is 0 Å². The first-order chi connectivity index (χ1) is 5.74. The average molecular weight is 208 g/mol. The van der Waals surface area contributed by atoms with Crippen molar-refractivity contribution < 1.29 is 13.2 Å². The monoisotopic (exact) mass is 208 g/mol. The molecule has 0 aromatic heterocycles. The molecule has 0 aromatic carbocycles. The second-order valence-electron chi connectivity index (χ2n) is 3.26. The van der Waals surface area contributed by atoms with Gasteiger partial charge in [-0.2, -0.15) is 0 Å². The molecule has 13 heavy (non-hydrogen) atoms. The fourth-order valence-electron chi connectivity index (χ4n) is 0.796. The van der Waals surface area contributed by atoms with E-state index in [9.17, 15) is 13.2 Å². The molecule has 1 unspecified atom stereocenters. The standard InChI is InChI=1S/C7H16N2O3S/c1-9(2)7(10)6(8)4-5-13(3,11)12/h6H,4-5,8H2,1-3H3. The van der Waals surface area contributed by atoms with E-state index < -0.39 is 15.9 Å². The van der Waals surface area contributed by atoms with Crippen LogP contribution in [-0.4, -0.2) is 51.4 Å². The zero-order chi connectivity index (χ0) is 10.6. The molecule has 1 atom stereocenters. The number of hydrogen-bond acceptors (Lipinski definition) is 4. The first-order valence-corrected chi connectivity index (χ1v) is 5.94. The summed E-state index contributed by atoms with van der Waals surface area (Å²) in [7, 11) is 0.143. The van der Waals surface area contributed by atoms with Crippen LogP contribution >= 0.6 is 0 Å². The summed E-state index contributed by atoms with van der Waals surface area (Å²) in [5, 5.41) is 0. The van der Waals surface area contributed by atoms with Gasteiger partial charge in [0.15, 0.2) is 0 Å². The van der Waals surface area contributed by atoms with Crippen molar-refractivity contribution in [2.24, 2.45) is 5.73 Å². The summed E-state index contributed by atoms with van der Waals surface area (Å²) in [6.07, 6.45) is 1.30. The van der Waals surface area contributed by atoms with E-state index in [1.807, 2.05) is 0 Å². The van der Waals surface area contributed by atoms with Gasteiger partial charge in [-0.3, -0.25) is 4.79 Å². The molecule has 0 aliphatic rings. The number of amides is 1. The number of nitrogens with zero attached hydrogens (tertiary/aromatic N) is 1. The Hall–Kier alpha value is -0.620. The molecule has 0 radical (unpaired) electrons. The van der Waals surface area contributed by atoms with E-state index in [4.69, 9.17) is 5.73 Å². The van der Waals surface area contributed by atoms with Crippen LogP contribution in [0.4, 0.5) is 0 Å². The largest absolute Gasteiger partial charge is 0.347 e. The number of nitrogens with two attached hydrogens (primary N) is 1. The van der Waals surface area contributed by atoms with E-state index in [2.05, 4.69) is 0 Å². The molecule has 0 bridgehead atoms. The minimum Gasteiger partial charge on any atom is -0.347 e.